The van der Waals surface area contributed by atoms with Crippen LogP contribution >= 0.6 is 0 Å². The van der Waals surface area contributed by atoms with E-state index in [-0.39, 0.29) is 5.97 Å². The number of carbonyl (C=O) groups is 1. The molecule has 0 bridgehead atoms. The Morgan fingerprint density at radius 3 is 2.73 bits per heavy atom. The number of hydrogen-bond donors (Lipinski definition) is 0. The first-order valence-corrected chi connectivity index (χ1v) is 5.36. The first-order valence-electron chi connectivity index (χ1n) is 5.36. The maximum Gasteiger partial charge on any atom is 0.320 e. The number of nitrogens with zero attached hydrogens (tertiary/aromatic N) is 1. The fourth-order valence-electron chi connectivity index (χ4n) is 1.35. The summed E-state index contributed by atoms with van der Waals surface area (Å²) in [6.45, 7) is 6.76. The van der Waals surface area contributed by atoms with Crippen LogP contribution in [0.15, 0.2) is 0 Å². The monoisotopic (exact) mass is 217 g/mol. The van der Waals surface area contributed by atoms with E-state index in [9.17, 15) is 4.79 Å². The lowest BCUT2D eigenvalue weighted by molar-refractivity contribution is -0.147. The van der Waals surface area contributed by atoms with Gasteiger partial charge in [0, 0.05) is 19.7 Å². The number of hydrogen-bond acceptors (Lipinski definition) is 5. The molecule has 0 aromatic heterocycles. The molecule has 1 fully saturated rings. The third-order valence-electron chi connectivity index (χ3n) is 2.15. The van der Waals surface area contributed by atoms with Gasteiger partial charge in [-0.05, 0) is 6.92 Å². The third-order valence-corrected chi connectivity index (χ3v) is 2.15. The average molecular weight is 217 g/mol. The molecule has 0 atom stereocenters. The highest BCUT2D eigenvalue weighted by Crippen LogP contribution is 1.96. The van der Waals surface area contributed by atoms with E-state index in [4.69, 9.17) is 14.2 Å². The Kier molecular flexibility index (Phi) is 6.31. The summed E-state index contributed by atoms with van der Waals surface area (Å²) >= 11 is 0. The predicted octanol–water partition coefficient (Wildman–Crippen LogP) is -0.102. The normalized spacial score (nSPS) is 17.7. The van der Waals surface area contributed by atoms with Crippen LogP contribution in [0.5, 0.6) is 0 Å². The standard InChI is InChI=1S/C10H19NO4/c1-2-13-7-8-15-10(12)9-11-3-5-14-6-4-11/h2-9H2,1H3. The van der Waals surface area contributed by atoms with Crippen LogP contribution in [0.1, 0.15) is 6.92 Å². The average Bonchev–Trinajstić information content (AvgIpc) is 2.26. The Morgan fingerprint density at radius 2 is 2.07 bits per heavy atom. The van der Waals surface area contributed by atoms with Crippen molar-refractivity contribution in [1.29, 1.82) is 0 Å². The highest BCUT2D eigenvalue weighted by atomic mass is 16.6. The van der Waals surface area contributed by atoms with Crippen molar-refractivity contribution in [3.63, 3.8) is 0 Å². The largest absolute Gasteiger partial charge is 0.462 e. The minimum Gasteiger partial charge on any atom is -0.462 e. The molecule has 15 heavy (non-hydrogen) atoms. The van der Waals surface area contributed by atoms with Gasteiger partial charge < -0.3 is 14.2 Å². The summed E-state index contributed by atoms with van der Waals surface area (Å²) in [5.41, 5.74) is 0. The van der Waals surface area contributed by atoms with Gasteiger partial charge in [-0.15, -0.1) is 0 Å². The van der Waals surface area contributed by atoms with Crippen LogP contribution in [0.3, 0.4) is 0 Å². The lowest BCUT2D eigenvalue weighted by Crippen LogP contribution is -2.40. The highest BCUT2D eigenvalue weighted by Gasteiger charge is 2.14. The van der Waals surface area contributed by atoms with Crippen LogP contribution in [0.25, 0.3) is 0 Å². The van der Waals surface area contributed by atoms with Gasteiger partial charge in [-0.25, -0.2) is 0 Å². The second-order valence-electron chi connectivity index (χ2n) is 3.31. The van der Waals surface area contributed by atoms with Crippen molar-refractivity contribution in [2.45, 2.75) is 6.92 Å². The number of morpholine rings is 1. The maximum absolute atomic E-state index is 11.3. The molecular formula is C10H19NO4. The van der Waals surface area contributed by atoms with Gasteiger partial charge in [0.15, 0.2) is 0 Å². The number of ether oxygens (including phenoxy) is 3. The maximum atomic E-state index is 11.3. The minimum atomic E-state index is -0.184. The van der Waals surface area contributed by atoms with Crippen LogP contribution in [0, 0.1) is 0 Å². The molecule has 1 heterocycles. The first kappa shape index (κ1) is 12.4. The number of rotatable bonds is 6. The van der Waals surface area contributed by atoms with Crippen LogP contribution in [0.4, 0.5) is 0 Å². The lowest BCUT2D eigenvalue weighted by Gasteiger charge is -2.25. The molecule has 5 heteroatoms. The molecule has 1 rings (SSSR count). The van der Waals surface area contributed by atoms with E-state index in [2.05, 4.69) is 0 Å². The summed E-state index contributed by atoms with van der Waals surface area (Å²) in [6, 6.07) is 0. The first-order chi connectivity index (χ1) is 7.33. The van der Waals surface area contributed by atoms with Crippen molar-refractivity contribution < 1.29 is 19.0 Å². The molecule has 0 amide bonds. The van der Waals surface area contributed by atoms with Crippen molar-refractivity contribution in [2.75, 3.05) is 52.7 Å². The number of esters is 1. The highest BCUT2D eigenvalue weighted by molar-refractivity contribution is 5.71. The van der Waals surface area contributed by atoms with Crippen molar-refractivity contribution in [1.82, 2.24) is 4.90 Å². The van der Waals surface area contributed by atoms with E-state index in [0.29, 0.717) is 39.6 Å². The SMILES string of the molecule is CCOCCOC(=O)CN1CCOCC1. The minimum absolute atomic E-state index is 0.184. The van der Waals surface area contributed by atoms with Gasteiger partial charge in [0.25, 0.3) is 0 Å². The van der Waals surface area contributed by atoms with E-state index < -0.39 is 0 Å². The molecule has 0 unspecified atom stereocenters. The van der Waals surface area contributed by atoms with Gasteiger partial charge in [-0.3, -0.25) is 9.69 Å². The van der Waals surface area contributed by atoms with Crippen molar-refractivity contribution in [3.8, 4) is 0 Å². The molecule has 1 aliphatic heterocycles. The fraction of sp³-hybridized carbons (Fsp3) is 0.900. The molecule has 1 saturated heterocycles. The van der Waals surface area contributed by atoms with Crippen molar-refractivity contribution in [2.24, 2.45) is 0 Å². The molecule has 0 N–H and O–H groups in total. The zero-order valence-electron chi connectivity index (χ0n) is 9.24. The molecule has 5 nitrogen and oxygen atoms in total. The quantitative estimate of drug-likeness (QED) is 0.459. The molecule has 0 aliphatic carbocycles. The fourth-order valence-corrected chi connectivity index (χ4v) is 1.35. The Bertz CT molecular complexity index is 180. The van der Waals surface area contributed by atoms with Crippen LogP contribution in [-0.4, -0.2) is 63.5 Å². The van der Waals surface area contributed by atoms with E-state index in [1.165, 1.54) is 0 Å². The smallest absolute Gasteiger partial charge is 0.320 e. The Morgan fingerprint density at radius 1 is 1.33 bits per heavy atom. The molecule has 88 valence electrons. The van der Waals surface area contributed by atoms with Crippen LogP contribution < -0.4 is 0 Å². The van der Waals surface area contributed by atoms with Crippen LogP contribution in [0.2, 0.25) is 0 Å². The van der Waals surface area contributed by atoms with Gasteiger partial charge in [0.2, 0.25) is 0 Å². The Balaban J connectivity index is 2.01. The van der Waals surface area contributed by atoms with Crippen LogP contribution in [-0.2, 0) is 19.0 Å². The van der Waals surface area contributed by atoms with E-state index in [1.54, 1.807) is 0 Å². The second kappa shape index (κ2) is 7.62. The van der Waals surface area contributed by atoms with Gasteiger partial charge in [0.1, 0.15) is 6.61 Å². The zero-order chi connectivity index (χ0) is 10.9. The van der Waals surface area contributed by atoms with Crippen molar-refractivity contribution >= 4 is 5.97 Å². The Labute approximate surface area is 90.3 Å². The summed E-state index contributed by atoms with van der Waals surface area (Å²) in [6.07, 6.45) is 0. The van der Waals surface area contributed by atoms with E-state index in [1.807, 2.05) is 11.8 Å². The van der Waals surface area contributed by atoms with E-state index in [0.717, 1.165) is 13.1 Å². The molecule has 0 saturated carbocycles. The summed E-state index contributed by atoms with van der Waals surface area (Å²) in [4.78, 5) is 13.3. The van der Waals surface area contributed by atoms with Gasteiger partial charge in [-0.2, -0.15) is 0 Å². The molecule has 0 radical (unpaired) electrons. The topological polar surface area (TPSA) is 48.0 Å². The summed E-state index contributed by atoms with van der Waals surface area (Å²) in [5, 5.41) is 0. The van der Waals surface area contributed by atoms with E-state index >= 15 is 0 Å². The van der Waals surface area contributed by atoms with Gasteiger partial charge in [0.05, 0.1) is 26.4 Å². The molecule has 1 aliphatic rings. The van der Waals surface area contributed by atoms with Gasteiger partial charge in [-0.1, -0.05) is 0 Å². The van der Waals surface area contributed by atoms with Crippen molar-refractivity contribution in [3.05, 3.63) is 0 Å². The molecular weight excluding hydrogens is 198 g/mol. The molecule has 0 spiro atoms. The van der Waals surface area contributed by atoms with Gasteiger partial charge >= 0.3 is 5.97 Å². The predicted molar refractivity (Wildman–Crippen MR) is 54.7 cm³/mol. The number of carbonyl (C=O) groups excluding carboxylic acids is 1. The second-order valence-corrected chi connectivity index (χ2v) is 3.31. The zero-order valence-corrected chi connectivity index (χ0v) is 9.24. The third kappa shape index (κ3) is 5.71. The lowest BCUT2D eigenvalue weighted by atomic mass is 10.4. The molecule has 0 aromatic rings. The Hall–Kier alpha value is -0.650. The summed E-state index contributed by atoms with van der Waals surface area (Å²) < 4.78 is 15.2. The summed E-state index contributed by atoms with van der Waals surface area (Å²) in [5.74, 6) is -0.184. The molecule has 0 aromatic carbocycles. The summed E-state index contributed by atoms with van der Waals surface area (Å²) in [7, 11) is 0.